The van der Waals surface area contributed by atoms with Crippen molar-refractivity contribution in [3.63, 3.8) is 0 Å². The number of benzene rings is 1. The maximum absolute atomic E-state index is 11.5. The highest BCUT2D eigenvalue weighted by atomic mass is 16.2. The molecule has 0 atom stereocenters. The van der Waals surface area contributed by atoms with E-state index in [4.69, 9.17) is 5.73 Å². The lowest BCUT2D eigenvalue weighted by molar-refractivity contribution is 0.255. The third-order valence-corrected chi connectivity index (χ3v) is 2.82. The summed E-state index contributed by atoms with van der Waals surface area (Å²) < 4.78 is 0. The molecule has 0 saturated heterocycles. The van der Waals surface area contributed by atoms with Crippen LogP contribution in [0.1, 0.15) is 19.8 Å². The van der Waals surface area contributed by atoms with Crippen LogP contribution < -0.4 is 16.4 Å². The molecule has 0 unspecified atom stereocenters. The molecule has 2 amide bonds. The minimum atomic E-state index is -0.227. The molecule has 0 aliphatic heterocycles. The van der Waals surface area contributed by atoms with Gasteiger partial charge in [-0.15, -0.1) is 0 Å². The topological polar surface area (TPSA) is 67.2 Å². The SMILES string of the molecule is C/C(=C\NC(=O)Nc1ccc(N)cc1)C1CC1. The molecule has 0 bridgehead atoms. The Labute approximate surface area is 101 Å². The molecule has 4 nitrogen and oxygen atoms in total. The molecule has 17 heavy (non-hydrogen) atoms. The number of carbonyl (C=O) groups excluding carboxylic acids is 1. The van der Waals surface area contributed by atoms with E-state index in [0.717, 1.165) is 5.69 Å². The Morgan fingerprint density at radius 1 is 1.35 bits per heavy atom. The van der Waals surface area contributed by atoms with Crippen molar-refractivity contribution in [3.05, 3.63) is 36.0 Å². The molecule has 90 valence electrons. The fourth-order valence-electron chi connectivity index (χ4n) is 1.57. The van der Waals surface area contributed by atoms with Gasteiger partial charge in [-0.1, -0.05) is 5.57 Å². The monoisotopic (exact) mass is 231 g/mol. The highest BCUT2D eigenvalue weighted by Gasteiger charge is 2.22. The Kier molecular flexibility index (Phi) is 3.32. The van der Waals surface area contributed by atoms with E-state index in [-0.39, 0.29) is 6.03 Å². The second kappa shape index (κ2) is 4.91. The molecule has 1 aromatic carbocycles. The Hall–Kier alpha value is -1.97. The minimum absolute atomic E-state index is 0.227. The molecule has 0 radical (unpaired) electrons. The third-order valence-electron chi connectivity index (χ3n) is 2.82. The smallest absolute Gasteiger partial charge is 0.323 e. The van der Waals surface area contributed by atoms with Crippen LogP contribution in [0, 0.1) is 5.92 Å². The zero-order valence-electron chi connectivity index (χ0n) is 9.86. The first-order valence-corrected chi connectivity index (χ1v) is 5.75. The van der Waals surface area contributed by atoms with E-state index in [2.05, 4.69) is 10.6 Å². The van der Waals surface area contributed by atoms with Gasteiger partial charge in [0.1, 0.15) is 0 Å². The van der Waals surface area contributed by atoms with Crippen LogP contribution >= 0.6 is 0 Å². The van der Waals surface area contributed by atoms with E-state index in [1.807, 2.05) is 6.92 Å². The standard InChI is InChI=1S/C13H17N3O/c1-9(10-2-3-10)8-15-13(17)16-12-6-4-11(14)5-7-12/h4-8,10H,2-3,14H2,1H3,(H2,15,16,17)/b9-8+. The van der Waals surface area contributed by atoms with Crippen LogP contribution in [0.4, 0.5) is 16.2 Å². The van der Waals surface area contributed by atoms with Gasteiger partial charge in [0.25, 0.3) is 0 Å². The van der Waals surface area contributed by atoms with Crippen molar-refractivity contribution in [2.75, 3.05) is 11.1 Å². The zero-order chi connectivity index (χ0) is 12.3. The summed E-state index contributed by atoms with van der Waals surface area (Å²) in [7, 11) is 0. The van der Waals surface area contributed by atoms with Gasteiger partial charge in [0, 0.05) is 17.6 Å². The number of carbonyl (C=O) groups is 1. The normalized spacial score (nSPS) is 15.5. The molecule has 0 heterocycles. The molecule has 1 fully saturated rings. The van der Waals surface area contributed by atoms with E-state index in [0.29, 0.717) is 11.6 Å². The maximum atomic E-state index is 11.5. The summed E-state index contributed by atoms with van der Waals surface area (Å²) in [5.41, 5.74) is 8.20. The fourth-order valence-corrected chi connectivity index (χ4v) is 1.57. The van der Waals surface area contributed by atoms with Crippen molar-refractivity contribution in [2.45, 2.75) is 19.8 Å². The van der Waals surface area contributed by atoms with Crippen molar-refractivity contribution in [1.82, 2.24) is 5.32 Å². The van der Waals surface area contributed by atoms with E-state index in [1.165, 1.54) is 18.4 Å². The van der Waals surface area contributed by atoms with Gasteiger partial charge in [0.05, 0.1) is 0 Å². The average molecular weight is 231 g/mol. The largest absolute Gasteiger partial charge is 0.399 e. The number of nitrogens with one attached hydrogen (secondary N) is 2. The Morgan fingerprint density at radius 3 is 2.59 bits per heavy atom. The molecular formula is C13H17N3O. The fraction of sp³-hybridized carbons (Fsp3) is 0.308. The van der Waals surface area contributed by atoms with E-state index in [9.17, 15) is 4.79 Å². The van der Waals surface area contributed by atoms with Gasteiger partial charge in [-0.3, -0.25) is 0 Å². The zero-order valence-corrected chi connectivity index (χ0v) is 9.86. The lowest BCUT2D eigenvalue weighted by Gasteiger charge is -2.05. The first-order valence-electron chi connectivity index (χ1n) is 5.75. The van der Waals surface area contributed by atoms with E-state index < -0.39 is 0 Å². The summed E-state index contributed by atoms with van der Waals surface area (Å²) in [6.45, 7) is 2.04. The first kappa shape index (κ1) is 11.5. The predicted molar refractivity (Wildman–Crippen MR) is 69.5 cm³/mol. The van der Waals surface area contributed by atoms with Gasteiger partial charge in [-0.05, 0) is 49.9 Å². The van der Waals surface area contributed by atoms with Crippen molar-refractivity contribution in [2.24, 2.45) is 5.92 Å². The van der Waals surface area contributed by atoms with Gasteiger partial charge >= 0.3 is 6.03 Å². The van der Waals surface area contributed by atoms with Crippen LogP contribution in [0.3, 0.4) is 0 Å². The predicted octanol–water partition coefficient (Wildman–Crippen LogP) is 2.70. The lowest BCUT2D eigenvalue weighted by Crippen LogP contribution is -2.24. The maximum Gasteiger partial charge on any atom is 0.323 e. The molecule has 1 saturated carbocycles. The summed E-state index contributed by atoms with van der Waals surface area (Å²) >= 11 is 0. The lowest BCUT2D eigenvalue weighted by atomic mass is 10.2. The second-order valence-corrected chi connectivity index (χ2v) is 4.38. The molecule has 1 aliphatic rings. The summed E-state index contributed by atoms with van der Waals surface area (Å²) in [4.78, 5) is 11.5. The average Bonchev–Trinajstić information content (AvgIpc) is 3.13. The van der Waals surface area contributed by atoms with E-state index >= 15 is 0 Å². The van der Waals surface area contributed by atoms with Gasteiger partial charge < -0.3 is 16.4 Å². The van der Waals surface area contributed by atoms with Crippen LogP contribution in [0.15, 0.2) is 36.0 Å². The van der Waals surface area contributed by atoms with Gasteiger partial charge in [0.2, 0.25) is 0 Å². The van der Waals surface area contributed by atoms with Crippen molar-refractivity contribution >= 4 is 17.4 Å². The van der Waals surface area contributed by atoms with Crippen molar-refractivity contribution in [1.29, 1.82) is 0 Å². The highest BCUT2D eigenvalue weighted by Crippen LogP contribution is 2.35. The molecule has 0 aromatic heterocycles. The van der Waals surface area contributed by atoms with Crippen LogP contribution in [0.2, 0.25) is 0 Å². The molecular weight excluding hydrogens is 214 g/mol. The molecule has 0 spiro atoms. The number of urea groups is 1. The molecule has 4 N–H and O–H groups in total. The Balaban J connectivity index is 1.84. The number of hydrogen-bond acceptors (Lipinski definition) is 2. The minimum Gasteiger partial charge on any atom is -0.399 e. The summed E-state index contributed by atoms with van der Waals surface area (Å²) in [5.74, 6) is 0.673. The number of amides is 2. The molecule has 4 heteroatoms. The van der Waals surface area contributed by atoms with Crippen LogP contribution in [-0.2, 0) is 0 Å². The first-order chi connectivity index (χ1) is 8.15. The van der Waals surface area contributed by atoms with Gasteiger partial charge in [0.15, 0.2) is 0 Å². The molecule has 1 aliphatic carbocycles. The van der Waals surface area contributed by atoms with Crippen molar-refractivity contribution in [3.8, 4) is 0 Å². The van der Waals surface area contributed by atoms with Crippen LogP contribution in [0.5, 0.6) is 0 Å². The third kappa shape index (κ3) is 3.52. The molecule has 1 aromatic rings. The number of nitrogen functional groups attached to an aromatic ring is 1. The number of hydrogen-bond donors (Lipinski definition) is 3. The van der Waals surface area contributed by atoms with E-state index in [1.54, 1.807) is 30.5 Å². The highest BCUT2D eigenvalue weighted by molar-refractivity contribution is 5.90. The number of anilines is 2. The van der Waals surface area contributed by atoms with Gasteiger partial charge in [-0.2, -0.15) is 0 Å². The summed E-state index contributed by atoms with van der Waals surface area (Å²) in [6.07, 6.45) is 4.26. The Bertz CT molecular complexity index is 432. The van der Waals surface area contributed by atoms with Crippen LogP contribution in [0.25, 0.3) is 0 Å². The Morgan fingerprint density at radius 2 is 2.00 bits per heavy atom. The summed E-state index contributed by atoms with van der Waals surface area (Å²) in [6, 6.07) is 6.82. The number of rotatable bonds is 3. The van der Waals surface area contributed by atoms with Gasteiger partial charge in [-0.25, -0.2) is 4.79 Å². The van der Waals surface area contributed by atoms with Crippen LogP contribution in [-0.4, -0.2) is 6.03 Å². The van der Waals surface area contributed by atoms with Crippen molar-refractivity contribution < 1.29 is 4.79 Å². The number of nitrogens with two attached hydrogens (primary N) is 1. The quantitative estimate of drug-likeness (QED) is 0.700. The number of allylic oxidation sites excluding steroid dienone is 1. The summed E-state index contributed by atoms with van der Waals surface area (Å²) in [5, 5.41) is 5.46. The molecule has 2 rings (SSSR count). The second-order valence-electron chi connectivity index (χ2n) is 4.38.